The van der Waals surface area contributed by atoms with E-state index in [2.05, 4.69) is 24.1 Å². The van der Waals surface area contributed by atoms with Crippen molar-refractivity contribution in [3.8, 4) is 0 Å². The molecule has 4 N–H and O–H groups in total. The Morgan fingerprint density at radius 1 is 1.12 bits per heavy atom. The zero-order chi connectivity index (χ0) is 23.0. The number of carbonyl (C=O) groups is 1. The van der Waals surface area contributed by atoms with Gasteiger partial charge >= 0.3 is 0 Å². The normalized spacial score (nSPS) is 16.1. The molecule has 7 heteroatoms. The van der Waals surface area contributed by atoms with Crippen molar-refractivity contribution in [2.75, 3.05) is 11.4 Å². The highest BCUT2D eigenvalue weighted by molar-refractivity contribution is 6.12. The predicted molar refractivity (Wildman–Crippen MR) is 129 cm³/mol. The van der Waals surface area contributed by atoms with Crippen molar-refractivity contribution in [1.29, 1.82) is 0 Å². The van der Waals surface area contributed by atoms with Gasteiger partial charge in [0.25, 0.3) is 5.91 Å². The van der Waals surface area contributed by atoms with E-state index in [4.69, 9.17) is 15.9 Å². The van der Waals surface area contributed by atoms with Gasteiger partial charge in [-0.1, -0.05) is 50.2 Å². The number of nitrogens with two attached hydrogens (primary N) is 2. The van der Waals surface area contributed by atoms with Crippen LogP contribution in [0.15, 0.2) is 57.1 Å². The molecule has 166 valence electrons. The van der Waals surface area contributed by atoms with Crippen LogP contribution in [0.4, 0.5) is 5.69 Å². The average Bonchev–Trinajstić information content (AvgIpc) is 3.07. The van der Waals surface area contributed by atoms with E-state index >= 15 is 0 Å². The van der Waals surface area contributed by atoms with Crippen LogP contribution in [0.1, 0.15) is 54.6 Å². The molecule has 32 heavy (non-hydrogen) atoms. The number of hydrogen-bond donors (Lipinski definition) is 2. The number of fused-ring (bicyclic) bond motifs is 2. The molecular formula is C25H29N5O2. The lowest BCUT2D eigenvalue weighted by Crippen LogP contribution is -2.31. The first-order chi connectivity index (χ1) is 15.2. The summed E-state index contributed by atoms with van der Waals surface area (Å²) < 4.78 is 6.20. The molecular weight excluding hydrogens is 402 g/mol. The Hall–Kier alpha value is -3.61. The fourth-order valence-corrected chi connectivity index (χ4v) is 4.51. The third kappa shape index (κ3) is 3.86. The van der Waals surface area contributed by atoms with Crippen LogP contribution >= 0.6 is 0 Å². The Morgan fingerprint density at radius 2 is 1.84 bits per heavy atom. The molecule has 0 fully saturated rings. The summed E-state index contributed by atoms with van der Waals surface area (Å²) in [7, 11) is 0. The molecule has 1 aromatic heterocycles. The van der Waals surface area contributed by atoms with Crippen LogP contribution in [-0.2, 0) is 6.42 Å². The maximum Gasteiger partial charge on any atom is 0.294 e. The molecule has 1 aliphatic carbocycles. The van der Waals surface area contributed by atoms with Crippen LogP contribution in [0, 0.1) is 12.3 Å². The van der Waals surface area contributed by atoms with Crippen LogP contribution in [0.25, 0.3) is 10.8 Å². The van der Waals surface area contributed by atoms with Crippen molar-refractivity contribution in [3.05, 3.63) is 65.1 Å². The number of guanidine groups is 1. The van der Waals surface area contributed by atoms with Crippen LogP contribution in [0.5, 0.6) is 0 Å². The first-order valence-corrected chi connectivity index (χ1v) is 10.8. The Labute approximate surface area is 187 Å². The second-order valence-corrected chi connectivity index (χ2v) is 8.99. The summed E-state index contributed by atoms with van der Waals surface area (Å²) in [6, 6.07) is 14.0. The minimum absolute atomic E-state index is 0.0879. The molecule has 0 atom stereocenters. The summed E-state index contributed by atoms with van der Waals surface area (Å²) in [4.78, 5) is 15.5. The summed E-state index contributed by atoms with van der Waals surface area (Å²) in [5.74, 6) is 0.809. The first-order valence-electron chi connectivity index (χ1n) is 10.8. The SMILES string of the molecule is CCN(C(=O)c1oc2c(c1C)/C(=N\N=C(N)N)CC(C)(C)C2)c1cccc2ccccc12. The Bertz CT molecular complexity index is 1240. The van der Waals surface area contributed by atoms with Gasteiger partial charge in [0.2, 0.25) is 5.96 Å². The summed E-state index contributed by atoms with van der Waals surface area (Å²) in [5, 5.41) is 10.3. The van der Waals surface area contributed by atoms with Gasteiger partial charge in [0.15, 0.2) is 5.76 Å². The van der Waals surface area contributed by atoms with Crippen molar-refractivity contribution < 1.29 is 9.21 Å². The molecule has 0 radical (unpaired) electrons. The van der Waals surface area contributed by atoms with Crippen LogP contribution in [0.2, 0.25) is 0 Å². The number of furan rings is 1. The van der Waals surface area contributed by atoms with Gasteiger partial charge < -0.3 is 20.8 Å². The van der Waals surface area contributed by atoms with Gasteiger partial charge in [-0.05, 0) is 37.1 Å². The van der Waals surface area contributed by atoms with Gasteiger partial charge in [0, 0.05) is 29.5 Å². The van der Waals surface area contributed by atoms with Crippen molar-refractivity contribution in [2.24, 2.45) is 27.1 Å². The molecule has 7 nitrogen and oxygen atoms in total. The minimum Gasteiger partial charge on any atom is -0.455 e. The maximum absolute atomic E-state index is 13.7. The van der Waals surface area contributed by atoms with E-state index in [-0.39, 0.29) is 17.3 Å². The molecule has 1 aliphatic rings. The first kappa shape index (κ1) is 21.6. The number of hydrogen-bond acceptors (Lipinski definition) is 4. The molecule has 0 aliphatic heterocycles. The second-order valence-electron chi connectivity index (χ2n) is 8.99. The average molecular weight is 432 g/mol. The Kier molecular flexibility index (Phi) is 5.50. The highest BCUT2D eigenvalue weighted by Gasteiger charge is 2.37. The molecule has 4 rings (SSSR count). The maximum atomic E-state index is 13.7. The van der Waals surface area contributed by atoms with Gasteiger partial charge in [0.1, 0.15) is 5.76 Å². The Morgan fingerprint density at radius 3 is 2.56 bits per heavy atom. The Balaban J connectivity index is 1.81. The zero-order valence-electron chi connectivity index (χ0n) is 19.0. The summed E-state index contributed by atoms with van der Waals surface area (Å²) in [5.41, 5.74) is 14.1. The van der Waals surface area contributed by atoms with Crippen LogP contribution < -0.4 is 16.4 Å². The highest BCUT2D eigenvalue weighted by Crippen LogP contribution is 2.39. The standard InChI is InChI=1S/C25H29N5O2/c1-5-30(19-12-8-10-16-9-6-7-11-17(16)19)23(31)22-15(2)21-18(28-29-24(26)27)13-25(3,4)14-20(21)32-22/h6-12H,5,13-14H2,1-4H3,(H4,26,27,29)/b28-18-. The molecule has 0 spiro atoms. The topological polar surface area (TPSA) is 110 Å². The fraction of sp³-hybridized carbons (Fsp3) is 0.320. The van der Waals surface area contributed by atoms with Gasteiger partial charge in [-0.25, -0.2) is 0 Å². The molecule has 0 unspecified atom stereocenters. The second kappa shape index (κ2) is 8.15. The van der Waals surface area contributed by atoms with E-state index in [0.29, 0.717) is 25.1 Å². The lowest BCUT2D eigenvalue weighted by atomic mass is 9.75. The molecule has 1 heterocycles. The third-order valence-corrected chi connectivity index (χ3v) is 5.89. The van der Waals surface area contributed by atoms with Gasteiger partial charge in [0.05, 0.1) is 11.4 Å². The summed E-state index contributed by atoms with van der Waals surface area (Å²) in [6.45, 7) is 8.64. The van der Waals surface area contributed by atoms with Crippen molar-refractivity contribution in [2.45, 2.75) is 40.5 Å². The molecule has 0 saturated heterocycles. The van der Waals surface area contributed by atoms with E-state index < -0.39 is 0 Å². The molecule has 3 aromatic rings. The largest absolute Gasteiger partial charge is 0.455 e. The number of nitrogens with zero attached hydrogens (tertiary/aromatic N) is 3. The quantitative estimate of drug-likeness (QED) is 0.363. The molecule has 0 bridgehead atoms. The number of carbonyl (C=O) groups excluding carboxylic acids is 1. The van der Waals surface area contributed by atoms with E-state index in [0.717, 1.165) is 39.1 Å². The molecule has 1 amide bonds. The lowest BCUT2D eigenvalue weighted by Gasteiger charge is -2.29. The molecule has 2 aromatic carbocycles. The van der Waals surface area contributed by atoms with Crippen molar-refractivity contribution in [3.63, 3.8) is 0 Å². The number of benzene rings is 2. The number of rotatable bonds is 4. The van der Waals surface area contributed by atoms with E-state index in [1.807, 2.05) is 56.3 Å². The monoisotopic (exact) mass is 431 g/mol. The van der Waals surface area contributed by atoms with Gasteiger partial charge in [-0.15, -0.1) is 5.10 Å². The van der Waals surface area contributed by atoms with Gasteiger partial charge in [-0.2, -0.15) is 5.10 Å². The smallest absolute Gasteiger partial charge is 0.294 e. The van der Waals surface area contributed by atoms with E-state index in [1.54, 1.807) is 4.90 Å². The summed E-state index contributed by atoms with van der Waals surface area (Å²) >= 11 is 0. The van der Waals surface area contributed by atoms with Crippen LogP contribution in [-0.4, -0.2) is 24.1 Å². The van der Waals surface area contributed by atoms with Gasteiger partial charge in [-0.3, -0.25) is 4.79 Å². The third-order valence-electron chi connectivity index (χ3n) is 5.89. The molecule has 0 saturated carbocycles. The summed E-state index contributed by atoms with van der Waals surface area (Å²) in [6.07, 6.45) is 1.39. The highest BCUT2D eigenvalue weighted by atomic mass is 16.4. The number of anilines is 1. The van der Waals surface area contributed by atoms with Crippen LogP contribution in [0.3, 0.4) is 0 Å². The van der Waals surface area contributed by atoms with E-state index in [1.165, 1.54) is 0 Å². The fourth-order valence-electron chi connectivity index (χ4n) is 4.51. The van der Waals surface area contributed by atoms with E-state index in [9.17, 15) is 4.79 Å². The number of amides is 1. The van der Waals surface area contributed by atoms with Crippen molar-refractivity contribution >= 4 is 34.0 Å². The zero-order valence-corrected chi connectivity index (χ0v) is 19.0. The minimum atomic E-state index is -0.172. The lowest BCUT2D eigenvalue weighted by molar-refractivity contribution is 0.0958. The van der Waals surface area contributed by atoms with Crippen molar-refractivity contribution in [1.82, 2.24) is 0 Å². The predicted octanol–water partition coefficient (Wildman–Crippen LogP) is 4.36.